The van der Waals surface area contributed by atoms with Gasteiger partial charge >= 0.3 is 0 Å². The molecule has 1 saturated heterocycles. The van der Waals surface area contributed by atoms with Gasteiger partial charge < -0.3 is 9.47 Å². The highest BCUT2D eigenvalue weighted by atomic mass is 32.1. The zero-order chi connectivity index (χ0) is 16.8. The topological polar surface area (TPSA) is 63.0 Å². The van der Waals surface area contributed by atoms with Crippen LogP contribution in [0.2, 0.25) is 0 Å². The van der Waals surface area contributed by atoms with E-state index in [2.05, 4.69) is 46.6 Å². The van der Waals surface area contributed by atoms with Gasteiger partial charge in [0.1, 0.15) is 11.3 Å². The standard InChI is InChI=1S/C17H21N7S/c1-12(17-18-4-9-25-17)22-5-7-23(8-6-22)15-14-16(20-10-19-15)24(11-21-14)13-2-3-13/h4,9-13H,2-3,5-8H2,1H3/t12-/m0/s1. The number of anilines is 1. The molecule has 3 aromatic heterocycles. The largest absolute Gasteiger partial charge is 0.352 e. The molecule has 1 atom stereocenters. The minimum atomic E-state index is 0.377. The van der Waals surface area contributed by atoms with Gasteiger partial charge in [0.15, 0.2) is 17.0 Å². The zero-order valence-electron chi connectivity index (χ0n) is 14.2. The average Bonchev–Trinajstić information content (AvgIpc) is 3.19. The van der Waals surface area contributed by atoms with Crippen molar-refractivity contribution >= 4 is 28.3 Å². The fraction of sp³-hybridized carbons (Fsp3) is 0.529. The smallest absolute Gasteiger partial charge is 0.165 e. The molecule has 0 spiro atoms. The molecule has 0 aromatic carbocycles. The number of nitrogens with zero attached hydrogens (tertiary/aromatic N) is 7. The average molecular weight is 355 g/mol. The Kier molecular flexibility index (Phi) is 3.67. The van der Waals surface area contributed by atoms with E-state index in [0.29, 0.717) is 12.1 Å². The van der Waals surface area contributed by atoms with Gasteiger partial charge in [-0.3, -0.25) is 4.90 Å². The third-order valence-corrected chi connectivity index (χ3v) is 6.20. The highest BCUT2D eigenvalue weighted by Crippen LogP contribution is 2.37. The Bertz CT molecular complexity index is 862. The molecule has 0 amide bonds. The van der Waals surface area contributed by atoms with E-state index in [1.807, 2.05) is 12.5 Å². The van der Waals surface area contributed by atoms with Crippen molar-refractivity contribution in [3.8, 4) is 0 Å². The fourth-order valence-electron chi connectivity index (χ4n) is 3.61. The fourth-order valence-corrected chi connectivity index (χ4v) is 4.34. The highest BCUT2D eigenvalue weighted by molar-refractivity contribution is 7.09. The van der Waals surface area contributed by atoms with Crippen LogP contribution >= 0.6 is 11.3 Å². The summed E-state index contributed by atoms with van der Waals surface area (Å²) in [4.78, 5) is 23.0. The van der Waals surface area contributed by atoms with Crippen LogP contribution < -0.4 is 4.90 Å². The normalized spacial score (nSPS) is 20.3. The van der Waals surface area contributed by atoms with E-state index in [-0.39, 0.29) is 0 Å². The number of fused-ring (bicyclic) bond motifs is 1. The summed E-state index contributed by atoms with van der Waals surface area (Å²) in [7, 11) is 0. The van der Waals surface area contributed by atoms with Crippen LogP contribution in [0, 0.1) is 0 Å². The summed E-state index contributed by atoms with van der Waals surface area (Å²) in [6, 6.07) is 0.963. The first kappa shape index (κ1) is 15.2. The third kappa shape index (κ3) is 2.69. The Morgan fingerprint density at radius 3 is 2.64 bits per heavy atom. The van der Waals surface area contributed by atoms with Gasteiger partial charge in [0.25, 0.3) is 0 Å². The minimum absolute atomic E-state index is 0.377. The molecule has 1 aliphatic carbocycles. The molecule has 7 nitrogen and oxygen atoms in total. The van der Waals surface area contributed by atoms with Gasteiger partial charge in [0, 0.05) is 43.8 Å². The first-order valence-corrected chi connectivity index (χ1v) is 9.75. The number of aromatic nitrogens is 5. The maximum Gasteiger partial charge on any atom is 0.165 e. The number of hydrogen-bond acceptors (Lipinski definition) is 7. The van der Waals surface area contributed by atoms with Crippen molar-refractivity contribution in [2.45, 2.75) is 31.8 Å². The number of thiazole rings is 1. The van der Waals surface area contributed by atoms with E-state index in [9.17, 15) is 0 Å². The molecule has 2 aliphatic rings. The summed E-state index contributed by atoms with van der Waals surface area (Å²) >= 11 is 1.74. The van der Waals surface area contributed by atoms with Crippen LogP contribution in [0.4, 0.5) is 5.82 Å². The molecule has 5 rings (SSSR count). The molecule has 1 aliphatic heterocycles. The third-order valence-electron chi connectivity index (χ3n) is 5.25. The van der Waals surface area contributed by atoms with E-state index in [4.69, 9.17) is 0 Å². The molecule has 2 fully saturated rings. The molecule has 3 aromatic rings. The van der Waals surface area contributed by atoms with Crippen molar-refractivity contribution in [2.75, 3.05) is 31.1 Å². The predicted octanol–water partition coefficient (Wildman–Crippen LogP) is 2.50. The zero-order valence-corrected chi connectivity index (χ0v) is 15.1. The van der Waals surface area contributed by atoms with Crippen LogP contribution in [0.1, 0.15) is 36.9 Å². The Labute approximate surface area is 150 Å². The second kappa shape index (κ2) is 6.03. The second-order valence-corrected chi connectivity index (χ2v) is 7.75. The summed E-state index contributed by atoms with van der Waals surface area (Å²) in [5.74, 6) is 0.978. The maximum atomic E-state index is 4.62. The number of hydrogen-bond donors (Lipinski definition) is 0. The predicted molar refractivity (Wildman–Crippen MR) is 97.9 cm³/mol. The van der Waals surface area contributed by atoms with Crippen LogP contribution in [0.25, 0.3) is 11.2 Å². The van der Waals surface area contributed by atoms with Crippen molar-refractivity contribution in [3.63, 3.8) is 0 Å². The Balaban J connectivity index is 1.35. The molecule has 130 valence electrons. The first-order valence-electron chi connectivity index (χ1n) is 8.87. The van der Waals surface area contributed by atoms with E-state index in [1.54, 1.807) is 17.7 Å². The van der Waals surface area contributed by atoms with Gasteiger partial charge in [0.05, 0.1) is 12.4 Å². The van der Waals surface area contributed by atoms with E-state index in [1.165, 1.54) is 17.8 Å². The van der Waals surface area contributed by atoms with Crippen LogP contribution in [-0.4, -0.2) is 55.6 Å². The van der Waals surface area contributed by atoms with Gasteiger partial charge in [-0.1, -0.05) is 0 Å². The van der Waals surface area contributed by atoms with E-state index < -0.39 is 0 Å². The van der Waals surface area contributed by atoms with Crippen molar-refractivity contribution in [1.29, 1.82) is 0 Å². The molecule has 0 N–H and O–H groups in total. The van der Waals surface area contributed by atoms with Gasteiger partial charge in [-0.15, -0.1) is 11.3 Å². The van der Waals surface area contributed by atoms with Crippen molar-refractivity contribution < 1.29 is 0 Å². The highest BCUT2D eigenvalue weighted by Gasteiger charge is 2.29. The molecular formula is C17H21N7S. The number of piperazine rings is 1. The summed E-state index contributed by atoms with van der Waals surface area (Å²) in [5.41, 5.74) is 1.92. The van der Waals surface area contributed by atoms with Gasteiger partial charge in [-0.2, -0.15) is 0 Å². The molecular weight excluding hydrogens is 334 g/mol. The number of rotatable bonds is 4. The van der Waals surface area contributed by atoms with Crippen LogP contribution in [0.15, 0.2) is 24.2 Å². The maximum absolute atomic E-state index is 4.62. The Morgan fingerprint density at radius 1 is 1.08 bits per heavy atom. The lowest BCUT2D eigenvalue weighted by Gasteiger charge is -2.37. The number of imidazole rings is 1. The SMILES string of the molecule is C[C@@H](c1nccs1)N1CCN(c2ncnc3c2ncn3C2CC2)CC1. The molecule has 0 unspecified atom stereocenters. The Morgan fingerprint density at radius 2 is 1.92 bits per heavy atom. The van der Waals surface area contributed by atoms with Gasteiger partial charge in [-0.25, -0.2) is 19.9 Å². The lowest BCUT2D eigenvalue weighted by atomic mass is 10.2. The summed E-state index contributed by atoms with van der Waals surface area (Å²) in [6.45, 7) is 6.18. The van der Waals surface area contributed by atoms with E-state index >= 15 is 0 Å². The molecule has 0 bridgehead atoms. The molecule has 1 saturated carbocycles. The van der Waals surface area contributed by atoms with Crippen molar-refractivity contribution in [3.05, 3.63) is 29.2 Å². The minimum Gasteiger partial charge on any atom is -0.352 e. The quantitative estimate of drug-likeness (QED) is 0.716. The molecule has 25 heavy (non-hydrogen) atoms. The van der Waals surface area contributed by atoms with Crippen molar-refractivity contribution in [1.82, 2.24) is 29.4 Å². The first-order chi connectivity index (χ1) is 12.3. The van der Waals surface area contributed by atoms with Crippen LogP contribution in [-0.2, 0) is 0 Å². The van der Waals surface area contributed by atoms with Gasteiger partial charge in [-0.05, 0) is 19.8 Å². The summed E-state index contributed by atoms with van der Waals surface area (Å²) in [5, 5.41) is 3.25. The molecule has 8 heteroatoms. The monoisotopic (exact) mass is 355 g/mol. The second-order valence-electron chi connectivity index (χ2n) is 6.82. The lowest BCUT2D eigenvalue weighted by Crippen LogP contribution is -2.47. The Hall–Kier alpha value is -2.06. The molecule has 0 radical (unpaired) electrons. The summed E-state index contributed by atoms with van der Waals surface area (Å²) < 4.78 is 2.21. The molecule has 4 heterocycles. The lowest BCUT2D eigenvalue weighted by molar-refractivity contribution is 0.198. The van der Waals surface area contributed by atoms with Crippen molar-refractivity contribution in [2.24, 2.45) is 0 Å². The van der Waals surface area contributed by atoms with Crippen LogP contribution in [0.3, 0.4) is 0 Å². The van der Waals surface area contributed by atoms with E-state index in [0.717, 1.165) is 43.2 Å². The van der Waals surface area contributed by atoms with Crippen LogP contribution in [0.5, 0.6) is 0 Å². The van der Waals surface area contributed by atoms with Gasteiger partial charge in [0.2, 0.25) is 0 Å². The summed E-state index contributed by atoms with van der Waals surface area (Å²) in [6.07, 6.45) is 7.97.